The monoisotopic (exact) mass is 382 g/mol. The van der Waals surface area contributed by atoms with E-state index in [0.717, 1.165) is 36.5 Å². The van der Waals surface area contributed by atoms with Gasteiger partial charge in [0.05, 0.1) is 0 Å². The van der Waals surface area contributed by atoms with E-state index in [9.17, 15) is 14.7 Å². The van der Waals surface area contributed by atoms with Crippen LogP contribution in [-0.2, 0) is 16.0 Å². The fourth-order valence-corrected chi connectivity index (χ4v) is 3.89. The summed E-state index contributed by atoms with van der Waals surface area (Å²) in [6.07, 6.45) is 6.33. The second-order valence-corrected chi connectivity index (χ2v) is 7.80. The number of aliphatic carboxylic acids is 1. The number of carboxylic acids is 1. The van der Waals surface area contributed by atoms with Gasteiger partial charge >= 0.3 is 5.97 Å². The van der Waals surface area contributed by atoms with Crippen LogP contribution < -0.4 is 0 Å². The highest BCUT2D eigenvalue weighted by Crippen LogP contribution is 2.37. The maximum atomic E-state index is 12.4. The number of Topliss-reactive ketones (excluding diaryl/α,β-unsaturated/α-hetero) is 1. The molecule has 0 radical (unpaired) electrons. The zero-order valence-electron chi connectivity index (χ0n) is 16.7. The van der Waals surface area contributed by atoms with Crippen molar-refractivity contribution < 1.29 is 19.8 Å². The summed E-state index contributed by atoms with van der Waals surface area (Å²) in [5.74, 6) is 5.64. The Bertz CT molecular complexity index is 768. The molecular weight excluding hydrogens is 352 g/mol. The van der Waals surface area contributed by atoms with E-state index < -0.39 is 12.1 Å². The predicted molar refractivity (Wildman–Crippen MR) is 110 cm³/mol. The maximum Gasteiger partial charge on any atom is 0.327 e. The van der Waals surface area contributed by atoms with Gasteiger partial charge in [-0.3, -0.25) is 4.79 Å². The molecule has 1 fully saturated rings. The lowest BCUT2D eigenvalue weighted by Gasteiger charge is -2.16. The summed E-state index contributed by atoms with van der Waals surface area (Å²) in [5.41, 5.74) is 2.22. The van der Waals surface area contributed by atoms with Gasteiger partial charge < -0.3 is 10.2 Å². The normalized spacial score (nSPS) is 22.8. The summed E-state index contributed by atoms with van der Waals surface area (Å²) in [7, 11) is 0. The molecular formula is C24H30O4. The van der Waals surface area contributed by atoms with Crippen molar-refractivity contribution >= 4 is 11.8 Å². The van der Waals surface area contributed by atoms with Gasteiger partial charge in [-0.25, -0.2) is 4.79 Å². The molecule has 2 rings (SSSR count). The minimum Gasteiger partial charge on any atom is -0.478 e. The molecule has 0 saturated heterocycles. The van der Waals surface area contributed by atoms with Crippen molar-refractivity contribution in [3.8, 4) is 11.8 Å². The van der Waals surface area contributed by atoms with E-state index >= 15 is 0 Å². The standard InChI is InChI=1S/C24H30O4/c1-17-8-7-9-19(14-17)16-20(25)12-13-21-18(2)15-23(26)22(21)10-5-3-4-6-11-24(27)28/h6-9,11,14,18,20-22,25H,3-5,10,15-16H2,1-2H3,(H,27,28)/b11-6+/t18-,20?,21+,22-/m1/s1. The maximum absolute atomic E-state index is 12.4. The fraction of sp³-hybridized carbons (Fsp3) is 0.500. The van der Waals surface area contributed by atoms with Gasteiger partial charge in [-0.2, -0.15) is 0 Å². The largest absolute Gasteiger partial charge is 0.478 e. The second-order valence-electron chi connectivity index (χ2n) is 7.80. The highest BCUT2D eigenvalue weighted by atomic mass is 16.4. The number of carboxylic acid groups (broad SMARTS) is 1. The molecule has 0 aliphatic heterocycles. The molecule has 4 atom stereocenters. The molecule has 2 N–H and O–H groups in total. The Hall–Kier alpha value is -2.38. The number of aliphatic hydroxyl groups excluding tert-OH is 1. The van der Waals surface area contributed by atoms with Crippen LogP contribution in [0.1, 0.15) is 50.2 Å². The number of unbranched alkanes of at least 4 members (excludes halogenated alkanes) is 2. The quantitative estimate of drug-likeness (QED) is 0.406. The van der Waals surface area contributed by atoms with Crippen molar-refractivity contribution in [3.63, 3.8) is 0 Å². The summed E-state index contributed by atoms with van der Waals surface area (Å²) < 4.78 is 0. The van der Waals surface area contributed by atoms with E-state index in [1.54, 1.807) is 6.08 Å². The lowest BCUT2D eigenvalue weighted by Crippen LogP contribution is -2.16. The Labute approximate surface area is 167 Å². The number of ketones is 1. The summed E-state index contributed by atoms with van der Waals surface area (Å²) >= 11 is 0. The van der Waals surface area contributed by atoms with Gasteiger partial charge in [0.25, 0.3) is 0 Å². The predicted octanol–water partition coefficient (Wildman–Crippen LogP) is 3.94. The van der Waals surface area contributed by atoms with Crippen LogP contribution >= 0.6 is 0 Å². The first-order chi connectivity index (χ1) is 13.4. The van der Waals surface area contributed by atoms with Crippen LogP contribution in [0.3, 0.4) is 0 Å². The van der Waals surface area contributed by atoms with Crippen LogP contribution in [0.15, 0.2) is 36.4 Å². The van der Waals surface area contributed by atoms with Crippen LogP contribution in [0.4, 0.5) is 0 Å². The lowest BCUT2D eigenvalue weighted by molar-refractivity contribution is -0.131. The highest BCUT2D eigenvalue weighted by Gasteiger charge is 2.38. The third-order valence-electron chi connectivity index (χ3n) is 5.31. The number of aryl methyl sites for hydroxylation is 1. The first-order valence-corrected chi connectivity index (χ1v) is 10.0. The van der Waals surface area contributed by atoms with Gasteiger partial charge in [-0.05, 0) is 37.7 Å². The number of hydrogen-bond acceptors (Lipinski definition) is 3. The molecule has 0 amide bonds. The molecule has 0 spiro atoms. The average molecular weight is 383 g/mol. The van der Waals surface area contributed by atoms with Gasteiger partial charge in [-0.15, -0.1) is 0 Å². The van der Waals surface area contributed by atoms with E-state index in [2.05, 4.69) is 18.8 Å². The molecule has 1 saturated carbocycles. The minimum atomic E-state index is -0.931. The average Bonchev–Trinajstić information content (AvgIpc) is 2.89. The van der Waals surface area contributed by atoms with Crippen LogP contribution in [0.5, 0.6) is 0 Å². The van der Waals surface area contributed by atoms with E-state index in [1.807, 2.05) is 31.2 Å². The van der Waals surface area contributed by atoms with Gasteiger partial charge in [0.1, 0.15) is 11.9 Å². The molecule has 28 heavy (non-hydrogen) atoms. The van der Waals surface area contributed by atoms with E-state index in [-0.39, 0.29) is 23.5 Å². The molecule has 4 heteroatoms. The minimum absolute atomic E-state index is 0.00535. The summed E-state index contributed by atoms with van der Waals surface area (Å²) in [6.45, 7) is 4.08. The van der Waals surface area contributed by atoms with Gasteiger partial charge in [0.15, 0.2) is 0 Å². The van der Waals surface area contributed by atoms with Gasteiger partial charge in [0, 0.05) is 30.8 Å². The lowest BCUT2D eigenvalue weighted by atomic mass is 9.86. The van der Waals surface area contributed by atoms with Crippen molar-refractivity contribution in [2.45, 2.75) is 58.5 Å². The van der Waals surface area contributed by atoms with Crippen LogP contribution in [0.2, 0.25) is 0 Å². The van der Waals surface area contributed by atoms with E-state index in [1.165, 1.54) is 0 Å². The van der Waals surface area contributed by atoms with Crippen molar-refractivity contribution in [2.75, 3.05) is 0 Å². The molecule has 1 aliphatic rings. The molecule has 1 aromatic rings. The topological polar surface area (TPSA) is 74.6 Å². The molecule has 0 heterocycles. The SMILES string of the molecule is Cc1cccc(CC(O)C#C[C@H]2[C@H](C)CC(=O)[C@@H]2CCCC/C=C/C(=O)O)c1. The first-order valence-electron chi connectivity index (χ1n) is 10.0. The molecule has 0 aromatic heterocycles. The molecule has 1 aliphatic carbocycles. The molecule has 1 unspecified atom stereocenters. The Kier molecular flexibility index (Phi) is 8.47. The Balaban J connectivity index is 1.90. The van der Waals surface area contributed by atoms with Gasteiger partial charge in [0.2, 0.25) is 0 Å². The van der Waals surface area contributed by atoms with E-state index in [4.69, 9.17) is 5.11 Å². The summed E-state index contributed by atoms with van der Waals surface area (Å²) in [5, 5.41) is 18.9. The molecule has 1 aromatic carbocycles. The number of rotatable bonds is 8. The number of carbonyl (C=O) groups excluding carboxylic acids is 1. The van der Waals surface area contributed by atoms with Crippen molar-refractivity contribution in [1.82, 2.24) is 0 Å². The number of carbonyl (C=O) groups is 2. The zero-order valence-corrected chi connectivity index (χ0v) is 16.7. The Morgan fingerprint density at radius 2 is 2.14 bits per heavy atom. The van der Waals surface area contributed by atoms with Crippen molar-refractivity contribution in [3.05, 3.63) is 47.5 Å². The third-order valence-corrected chi connectivity index (χ3v) is 5.31. The number of hydrogen-bond donors (Lipinski definition) is 2. The second kappa shape index (κ2) is 10.8. The molecule has 4 nitrogen and oxygen atoms in total. The number of allylic oxidation sites excluding steroid dienone is 1. The summed E-state index contributed by atoms with van der Waals surface area (Å²) in [4.78, 5) is 22.8. The van der Waals surface area contributed by atoms with Crippen LogP contribution in [0, 0.1) is 36.5 Å². The van der Waals surface area contributed by atoms with Crippen molar-refractivity contribution in [1.29, 1.82) is 0 Å². The zero-order chi connectivity index (χ0) is 20.5. The molecule has 150 valence electrons. The summed E-state index contributed by atoms with van der Waals surface area (Å²) in [6, 6.07) is 8.04. The number of benzene rings is 1. The number of aliphatic hydroxyl groups is 1. The Morgan fingerprint density at radius 1 is 1.36 bits per heavy atom. The van der Waals surface area contributed by atoms with Gasteiger partial charge in [-0.1, -0.05) is 61.1 Å². The van der Waals surface area contributed by atoms with Crippen molar-refractivity contribution in [2.24, 2.45) is 17.8 Å². The third kappa shape index (κ3) is 6.98. The smallest absolute Gasteiger partial charge is 0.327 e. The first kappa shape index (κ1) is 21.9. The Morgan fingerprint density at radius 3 is 2.86 bits per heavy atom. The van der Waals surface area contributed by atoms with Crippen LogP contribution in [0.25, 0.3) is 0 Å². The molecule has 0 bridgehead atoms. The highest BCUT2D eigenvalue weighted by molar-refractivity contribution is 5.84. The fourth-order valence-electron chi connectivity index (χ4n) is 3.89. The van der Waals surface area contributed by atoms with Crippen LogP contribution in [-0.4, -0.2) is 28.1 Å². The van der Waals surface area contributed by atoms with E-state index in [0.29, 0.717) is 19.3 Å².